The maximum Gasteiger partial charge on any atom is 0.319 e. The molecule has 4 N–H and O–H groups in total. The summed E-state index contributed by atoms with van der Waals surface area (Å²) in [7, 11) is 0. The fourth-order valence-electron chi connectivity index (χ4n) is 4.49. The Morgan fingerprint density at radius 1 is 1.03 bits per heavy atom. The lowest BCUT2D eigenvalue weighted by atomic mass is 10.0. The standard InChI is InChI=1S/C26H27Cl3N4O3/c27-18-7-4-14(11-19(18)28)23-24(36-10-8-15-3-1-2-9-30-15)17-12-22(33-26(35)31-16-5-6-16)20(29)13-21(17)32-25(23)34/h4,7,11-13,15-16,30H,1-3,5-6,8-10H2,(H,32,34)(H2,31,33,35). The van der Waals surface area contributed by atoms with Gasteiger partial charge in [0.05, 0.1) is 38.4 Å². The van der Waals surface area contributed by atoms with E-state index >= 15 is 0 Å². The van der Waals surface area contributed by atoms with Crippen LogP contribution in [0.3, 0.4) is 0 Å². The van der Waals surface area contributed by atoms with Crippen molar-refractivity contribution in [2.45, 2.75) is 50.6 Å². The zero-order chi connectivity index (χ0) is 25.2. The predicted molar refractivity (Wildman–Crippen MR) is 146 cm³/mol. The number of aromatic amines is 1. The molecule has 7 nitrogen and oxygen atoms in total. The van der Waals surface area contributed by atoms with Crippen LogP contribution in [0.5, 0.6) is 5.75 Å². The molecule has 2 aromatic carbocycles. The van der Waals surface area contributed by atoms with Crippen LogP contribution in [0.15, 0.2) is 35.1 Å². The van der Waals surface area contributed by atoms with Crippen molar-refractivity contribution in [3.05, 3.63) is 55.8 Å². The van der Waals surface area contributed by atoms with Crippen LogP contribution in [0.4, 0.5) is 10.5 Å². The number of piperidine rings is 1. The van der Waals surface area contributed by atoms with Gasteiger partial charge in [-0.15, -0.1) is 0 Å². The van der Waals surface area contributed by atoms with E-state index in [4.69, 9.17) is 39.5 Å². The minimum atomic E-state index is -0.338. The van der Waals surface area contributed by atoms with E-state index < -0.39 is 0 Å². The highest BCUT2D eigenvalue weighted by atomic mass is 35.5. The quantitative estimate of drug-likeness (QED) is 0.276. The maximum atomic E-state index is 13.3. The first-order valence-corrected chi connectivity index (χ1v) is 13.3. The van der Waals surface area contributed by atoms with Crippen LogP contribution in [-0.2, 0) is 0 Å². The summed E-state index contributed by atoms with van der Waals surface area (Å²) in [6.45, 7) is 1.42. The average molecular weight is 550 g/mol. The van der Waals surface area contributed by atoms with Crippen LogP contribution in [0, 0.1) is 0 Å². The number of amides is 2. The second-order valence-electron chi connectivity index (χ2n) is 9.32. The topological polar surface area (TPSA) is 95.2 Å². The molecular formula is C26H27Cl3N4O3. The monoisotopic (exact) mass is 548 g/mol. The highest BCUT2D eigenvalue weighted by molar-refractivity contribution is 6.42. The molecule has 1 saturated heterocycles. The number of aromatic nitrogens is 1. The molecule has 0 bridgehead atoms. The molecule has 0 spiro atoms. The molecule has 2 aliphatic rings. The average Bonchev–Trinajstić information content (AvgIpc) is 3.66. The normalized spacial score (nSPS) is 17.7. The third-order valence-electron chi connectivity index (χ3n) is 6.55. The largest absolute Gasteiger partial charge is 0.492 e. The lowest BCUT2D eigenvalue weighted by Gasteiger charge is -2.24. The fourth-order valence-corrected chi connectivity index (χ4v) is 5.00. The van der Waals surface area contributed by atoms with Gasteiger partial charge in [-0.1, -0.05) is 47.3 Å². The summed E-state index contributed by atoms with van der Waals surface area (Å²) < 4.78 is 6.33. The van der Waals surface area contributed by atoms with Gasteiger partial charge >= 0.3 is 6.03 Å². The lowest BCUT2D eigenvalue weighted by Crippen LogP contribution is -2.35. The van der Waals surface area contributed by atoms with E-state index in [9.17, 15) is 9.59 Å². The van der Waals surface area contributed by atoms with E-state index in [1.807, 2.05) is 0 Å². The second-order valence-corrected chi connectivity index (χ2v) is 10.5. The number of fused-ring (bicyclic) bond motifs is 1. The van der Waals surface area contributed by atoms with Gasteiger partial charge < -0.3 is 25.7 Å². The van der Waals surface area contributed by atoms with Crippen LogP contribution in [0.2, 0.25) is 15.1 Å². The van der Waals surface area contributed by atoms with Crippen molar-refractivity contribution >= 4 is 57.4 Å². The number of rotatable bonds is 7. The Balaban J connectivity index is 1.55. The van der Waals surface area contributed by atoms with Crippen molar-refractivity contribution in [2.24, 2.45) is 0 Å². The Bertz CT molecular complexity index is 1350. The zero-order valence-electron chi connectivity index (χ0n) is 19.6. The van der Waals surface area contributed by atoms with Gasteiger partial charge in [-0.05, 0) is 68.5 Å². The number of anilines is 1. The van der Waals surface area contributed by atoms with Gasteiger partial charge in [-0.3, -0.25) is 4.79 Å². The summed E-state index contributed by atoms with van der Waals surface area (Å²) in [6, 6.07) is 8.64. The lowest BCUT2D eigenvalue weighted by molar-refractivity contribution is 0.251. The van der Waals surface area contributed by atoms with Crippen LogP contribution >= 0.6 is 34.8 Å². The van der Waals surface area contributed by atoms with E-state index in [0.717, 1.165) is 32.2 Å². The van der Waals surface area contributed by atoms with E-state index in [0.29, 0.717) is 61.2 Å². The molecule has 2 amide bonds. The summed E-state index contributed by atoms with van der Waals surface area (Å²) in [5, 5.41) is 10.9. The number of hydrogen-bond donors (Lipinski definition) is 4. The number of carbonyl (C=O) groups is 1. The van der Waals surface area contributed by atoms with Gasteiger partial charge in [-0.2, -0.15) is 0 Å². The molecule has 5 rings (SSSR count). The van der Waals surface area contributed by atoms with Crippen molar-refractivity contribution in [1.82, 2.24) is 15.6 Å². The molecule has 3 aromatic rings. The number of ether oxygens (including phenoxy) is 1. The SMILES string of the molecule is O=C(Nc1cc2c(OCCC3CCCCN3)c(-c3ccc(Cl)c(Cl)c3)c(=O)[nH]c2cc1Cl)NC1CC1. The highest BCUT2D eigenvalue weighted by Crippen LogP contribution is 2.39. The molecule has 1 saturated carbocycles. The second kappa shape index (κ2) is 10.9. The molecule has 36 heavy (non-hydrogen) atoms. The summed E-state index contributed by atoms with van der Waals surface area (Å²) >= 11 is 18.9. The van der Waals surface area contributed by atoms with Crippen LogP contribution in [0.25, 0.3) is 22.0 Å². The van der Waals surface area contributed by atoms with Crippen molar-refractivity contribution < 1.29 is 9.53 Å². The van der Waals surface area contributed by atoms with Gasteiger partial charge in [0.2, 0.25) is 0 Å². The van der Waals surface area contributed by atoms with E-state index in [1.165, 1.54) is 12.8 Å². The van der Waals surface area contributed by atoms with Gasteiger partial charge in [0.1, 0.15) is 5.75 Å². The molecule has 1 aromatic heterocycles. The number of nitrogens with one attached hydrogen (secondary N) is 4. The molecule has 1 aliphatic carbocycles. The third-order valence-corrected chi connectivity index (χ3v) is 7.60. The Hall–Kier alpha value is -2.45. The van der Waals surface area contributed by atoms with Crippen LogP contribution in [0.1, 0.15) is 38.5 Å². The molecule has 10 heteroatoms. The van der Waals surface area contributed by atoms with E-state index in [2.05, 4.69) is 20.9 Å². The Labute approximate surface area is 223 Å². The van der Waals surface area contributed by atoms with Crippen molar-refractivity contribution in [1.29, 1.82) is 0 Å². The maximum absolute atomic E-state index is 13.3. The molecular weight excluding hydrogens is 523 g/mol. The number of urea groups is 1. The van der Waals surface area contributed by atoms with Crippen LogP contribution in [-0.4, -0.2) is 36.3 Å². The van der Waals surface area contributed by atoms with Gasteiger partial charge in [0, 0.05) is 17.5 Å². The molecule has 2 heterocycles. The number of pyridine rings is 1. The smallest absolute Gasteiger partial charge is 0.319 e. The van der Waals surface area contributed by atoms with Gasteiger partial charge in [0.25, 0.3) is 5.56 Å². The molecule has 1 aliphatic heterocycles. The molecule has 1 unspecified atom stereocenters. The summed E-state index contributed by atoms with van der Waals surface area (Å²) in [5.41, 5.74) is 1.51. The predicted octanol–water partition coefficient (Wildman–Crippen LogP) is 6.35. The van der Waals surface area contributed by atoms with Gasteiger partial charge in [-0.25, -0.2) is 4.79 Å². The highest BCUT2D eigenvalue weighted by Gasteiger charge is 2.24. The Morgan fingerprint density at radius 3 is 2.58 bits per heavy atom. The van der Waals surface area contributed by atoms with Crippen molar-refractivity contribution in [3.63, 3.8) is 0 Å². The number of benzene rings is 2. The van der Waals surface area contributed by atoms with Gasteiger partial charge in [0.15, 0.2) is 0 Å². The first-order valence-electron chi connectivity index (χ1n) is 12.2. The Morgan fingerprint density at radius 2 is 1.86 bits per heavy atom. The number of carbonyl (C=O) groups excluding carboxylic acids is 1. The first kappa shape index (κ1) is 25.2. The molecule has 2 fully saturated rings. The first-order chi connectivity index (χ1) is 17.4. The number of H-pyrrole nitrogens is 1. The molecule has 190 valence electrons. The Kier molecular flexibility index (Phi) is 7.62. The zero-order valence-corrected chi connectivity index (χ0v) is 21.8. The summed E-state index contributed by atoms with van der Waals surface area (Å²) in [4.78, 5) is 28.6. The summed E-state index contributed by atoms with van der Waals surface area (Å²) in [6.07, 6.45) is 6.22. The fraction of sp³-hybridized carbons (Fsp3) is 0.385. The minimum Gasteiger partial charge on any atom is -0.492 e. The van der Waals surface area contributed by atoms with Crippen LogP contribution < -0.4 is 26.2 Å². The summed E-state index contributed by atoms with van der Waals surface area (Å²) in [5.74, 6) is 0.408. The van der Waals surface area contributed by atoms with E-state index in [1.54, 1.807) is 30.3 Å². The van der Waals surface area contributed by atoms with E-state index in [-0.39, 0.29) is 17.6 Å². The molecule has 0 radical (unpaired) electrons. The van der Waals surface area contributed by atoms with Crippen molar-refractivity contribution in [3.8, 4) is 16.9 Å². The third kappa shape index (κ3) is 5.75. The number of halogens is 3. The number of hydrogen-bond acceptors (Lipinski definition) is 4. The van der Waals surface area contributed by atoms with Crippen molar-refractivity contribution in [2.75, 3.05) is 18.5 Å². The minimum absolute atomic E-state index is 0.203. The molecule has 1 atom stereocenters.